The Balaban J connectivity index is 1.83. The molecule has 0 bridgehead atoms. The van der Waals surface area contributed by atoms with Crippen LogP contribution in [0.5, 0.6) is 0 Å². The molecule has 1 N–H and O–H groups in total. The van der Waals surface area contributed by atoms with Crippen LogP contribution in [0.15, 0.2) is 77.8 Å². The van der Waals surface area contributed by atoms with Crippen molar-refractivity contribution in [3.63, 3.8) is 0 Å². The summed E-state index contributed by atoms with van der Waals surface area (Å²) >= 11 is 0. The number of hydrogen-bond acceptors (Lipinski definition) is 3. The monoisotopic (exact) mass is 350 g/mol. The lowest BCUT2D eigenvalue weighted by atomic mass is 10.1. The minimum atomic E-state index is -3.72. The molecule has 0 radical (unpaired) electrons. The molecule has 1 aliphatic rings. The molecule has 4 rings (SSSR count). The summed E-state index contributed by atoms with van der Waals surface area (Å²) in [5.41, 5.74) is 2.35. The summed E-state index contributed by atoms with van der Waals surface area (Å²) in [5, 5.41) is 2.78. The van der Waals surface area contributed by atoms with E-state index in [2.05, 4.69) is 5.32 Å². The highest BCUT2D eigenvalue weighted by Crippen LogP contribution is 2.33. The first-order chi connectivity index (χ1) is 12.1. The molecule has 0 aliphatic carbocycles. The van der Waals surface area contributed by atoms with Crippen molar-refractivity contribution in [3.8, 4) is 0 Å². The average molecular weight is 350 g/mol. The first-order valence-electron chi connectivity index (χ1n) is 7.68. The summed E-state index contributed by atoms with van der Waals surface area (Å²) in [4.78, 5) is 12.4. The van der Waals surface area contributed by atoms with Crippen LogP contribution in [0.25, 0.3) is 11.6 Å². The Hall–Kier alpha value is -3.12. The number of fused-ring (bicyclic) bond motifs is 1. The molecule has 0 atom stereocenters. The number of nitrogens with one attached hydrogen (secondary N) is 1. The molecule has 1 aliphatic heterocycles. The molecule has 1 aromatic heterocycles. The highest BCUT2D eigenvalue weighted by atomic mass is 32.2. The number of benzene rings is 2. The lowest BCUT2D eigenvalue weighted by Gasteiger charge is -2.09. The van der Waals surface area contributed by atoms with E-state index in [1.165, 1.54) is 10.2 Å². The fourth-order valence-corrected chi connectivity index (χ4v) is 4.20. The Bertz CT molecular complexity index is 1100. The quantitative estimate of drug-likeness (QED) is 0.738. The Labute approximate surface area is 145 Å². The zero-order valence-corrected chi connectivity index (χ0v) is 13.9. The number of para-hydroxylation sites is 1. The first kappa shape index (κ1) is 15.4. The fraction of sp³-hybridized carbons (Fsp3) is 0. The van der Waals surface area contributed by atoms with Gasteiger partial charge in [-0.05, 0) is 36.4 Å². The first-order valence-corrected chi connectivity index (χ1v) is 9.12. The van der Waals surface area contributed by atoms with Gasteiger partial charge in [-0.2, -0.15) is 0 Å². The third kappa shape index (κ3) is 2.56. The van der Waals surface area contributed by atoms with Crippen molar-refractivity contribution in [3.05, 3.63) is 84.2 Å². The van der Waals surface area contributed by atoms with Gasteiger partial charge in [0.15, 0.2) is 0 Å². The molecule has 6 heteroatoms. The maximum Gasteiger partial charge on any atom is 0.268 e. The SMILES string of the molecule is O=C1Nc2ccccc2C1=Cc1cccn1S(=O)(=O)c1ccccc1. The number of anilines is 1. The maximum absolute atomic E-state index is 12.8. The third-order valence-corrected chi connectivity index (χ3v) is 5.76. The van der Waals surface area contributed by atoms with Gasteiger partial charge in [0.2, 0.25) is 0 Å². The van der Waals surface area contributed by atoms with Crippen molar-refractivity contribution in [1.29, 1.82) is 0 Å². The van der Waals surface area contributed by atoms with Gasteiger partial charge in [0.25, 0.3) is 15.9 Å². The van der Waals surface area contributed by atoms with Crippen LogP contribution < -0.4 is 5.32 Å². The third-order valence-electron chi connectivity index (χ3n) is 4.05. The van der Waals surface area contributed by atoms with Crippen LogP contribution >= 0.6 is 0 Å². The van der Waals surface area contributed by atoms with Crippen LogP contribution in [-0.2, 0) is 14.8 Å². The van der Waals surface area contributed by atoms with Crippen molar-refractivity contribution in [2.45, 2.75) is 4.90 Å². The molecule has 5 nitrogen and oxygen atoms in total. The zero-order valence-electron chi connectivity index (χ0n) is 13.1. The second kappa shape index (κ2) is 5.75. The average Bonchev–Trinajstić information content (AvgIpc) is 3.21. The van der Waals surface area contributed by atoms with Crippen LogP contribution in [0.3, 0.4) is 0 Å². The minimum Gasteiger partial charge on any atom is -0.321 e. The molecule has 3 aromatic rings. The summed E-state index contributed by atoms with van der Waals surface area (Å²) in [7, 11) is -3.72. The van der Waals surface area contributed by atoms with E-state index in [1.807, 2.05) is 24.3 Å². The number of nitrogens with zero attached hydrogens (tertiary/aromatic N) is 1. The molecule has 25 heavy (non-hydrogen) atoms. The van der Waals surface area contributed by atoms with Crippen LogP contribution in [-0.4, -0.2) is 18.3 Å². The second-order valence-corrected chi connectivity index (χ2v) is 7.42. The molecule has 0 saturated heterocycles. The lowest BCUT2D eigenvalue weighted by Crippen LogP contribution is -2.13. The molecule has 124 valence electrons. The van der Waals surface area contributed by atoms with Gasteiger partial charge in [-0.15, -0.1) is 0 Å². The van der Waals surface area contributed by atoms with E-state index in [1.54, 1.807) is 48.5 Å². The second-order valence-electron chi connectivity index (χ2n) is 5.60. The predicted octanol–water partition coefficient (Wildman–Crippen LogP) is 3.22. The number of carbonyl (C=O) groups excluding carboxylic acids is 1. The number of hydrogen-bond donors (Lipinski definition) is 1. The Kier molecular flexibility index (Phi) is 3.54. The molecule has 0 fully saturated rings. The molecule has 0 spiro atoms. The van der Waals surface area contributed by atoms with Crippen molar-refractivity contribution < 1.29 is 13.2 Å². The van der Waals surface area contributed by atoms with Gasteiger partial charge in [0.1, 0.15) is 0 Å². The summed E-state index contributed by atoms with van der Waals surface area (Å²) in [6.45, 7) is 0. The standard InChI is InChI=1S/C19H14N2O3S/c22-19-17(16-10-4-5-11-18(16)20-19)13-14-7-6-12-21(14)25(23,24)15-8-2-1-3-9-15/h1-13H,(H,20,22). The molecule has 2 heterocycles. The van der Waals surface area contributed by atoms with Gasteiger partial charge >= 0.3 is 0 Å². The van der Waals surface area contributed by atoms with Gasteiger partial charge in [-0.25, -0.2) is 12.4 Å². The number of rotatable bonds is 3. The topological polar surface area (TPSA) is 68.2 Å². The largest absolute Gasteiger partial charge is 0.321 e. The summed E-state index contributed by atoms with van der Waals surface area (Å²) < 4.78 is 26.9. The number of carbonyl (C=O) groups is 1. The van der Waals surface area contributed by atoms with E-state index in [0.29, 0.717) is 11.3 Å². The zero-order chi connectivity index (χ0) is 17.4. The molecular weight excluding hydrogens is 336 g/mol. The van der Waals surface area contributed by atoms with Crippen molar-refractivity contribution in [2.24, 2.45) is 0 Å². The number of aromatic nitrogens is 1. The van der Waals surface area contributed by atoms with E-state index in [4.69, 9.17) is 0 Å². The van der Waals surface area contributed by atoms with Gasteiger partial charge in [0.05, 0.1) is 16.2 Å². The van der Waals surface area contributed by atoms with Crippen molar-refractivity contribution in [2.75, 3.05) is 5.32 Å². The minimum absolute atomic E-state index is 0.196. The Morgan fingerprint density at radius 1 is 0.880 bits per heavy atom. The normalized spacial score (nSPS) is 15.2. The van der Waals surface area contributed by atoms with Crippen LogP contribution in [0.2, 0.25) is 0 Å². The van der Waals surface area contributed by atoms with E-state index in [-0.39, 0.29) is 10.8 Å². The molecule has 0 saturated carbocycles. The van der Waals surface area contributed by atoms with Gasteiger partial charge < -0.3 is 5.32 Å². The summed E-state index contributed by atoms with van der Waals surface area (Å²) in [6, 6.07) is 18.8. The Morgan fingerprint density at radius 2 is 1.60 bits per heavy atom. The Morgan fingerprint density at radius 3 is 2.40 bits per heavy atom. The van der Waals surface area contributed by atoms with Gasteiger partial charge in [-0.3, -0.25) is 4.79 Å². The van der Waals surface area contributed by atoms with Crippen LogP contribution in [0, 0.1) is 0 Å². The summed E-state index contributed by atoms with van der Waals surface area (Å²) in [5.74, 6) is -0.244. The smallest absolute Gasteiger partial charge is 0.268 e. The van der Waals surface area contributed by atoms with E-state index in [9.17, 15) is 13.2 Å². The summed E-state index contributed by atoms with van der Waals surface area (Å²) in [6.07, 6.45) is 3.08. The van der Waals surface area contributed by atoms with Crippen molar-refractivity contribution in [1.82, 2.24) is 3.97 Å². The lowest BCUT2D eigenvalue weighted by molar-refractivity contribution is -0.110. The van der Waals surface area contributed by atoms with Crippen molar-refractivity contribution >= 4 is 33.3 Å². The van der Waals surface area contributed by atoms with E-state index >= 15 is 0 Å². The van der Waals surface area contributed by atoms with Crippen LogP contribution in [0.1, 0.15) is 11.3 Å². The predicted molar refractivity (Wildman–Crippen MR) is 96.4 cm³/mol. The maximum atomic E-state index is 12.8. The number of amides is 1. The van der Waals surface area contributed by atoms with E-state index < -0.39 is 10.0 Å². The highest BCUT2D eigenvalue weighted by Gasteiger charge is 2.25. The van der Waals surface area contributed by atoms with Gasteiger partial charge in [-0.1, -0.05) is 36.4 Å². The molecule has 2 aromatic carbocycles. The molecule has 0 unspecified atom stereocenters. The van der Waals surface area contributed by atoms with E-state index in [0.717, 1.165) is 11.3 Å². The molecular formula is C19H14N2O3S. The van der Waals surface area contributed by atoms with Crippen LogP contribution in [0.4, 0.5) is 5.69 Å². The highest BCUT2D eigenvalue weighted by molar-refractivity contribution is 7.90. The van der Waals surface area contributed by atoms with Gasteiger partial charge in [0, 0.05) is 17.4 Å². The fourth-order valence-electron chi connectivity index (χ4n) is 2.85. The molecule has 1 amide bonds.